The predicted octanol–water partition coefficient (Wildman–Crippen LogP) is 1.52. The van der Waals surface area contributed by atoms with Gasteiger partial charge >= 0.3 is 0 Å². The number of hydrogen-bond acceptors (Lipinski definition) is 7. The molecule has 1 aliphatic rings. The van der Waals surface area contributed by atoms with E-state index in [0.29, 0.717) is 22.9 Å². The Labute approximate surface area is 132 Å². The Hall–Kier alpha value is -2.87. The second-order valence-electron chi connectivity index (χ2n) is 5.31. The molecule has 0 radical (unpaired) electrons. The number of H-pyrrole nitrogens is 1. The van der Waals surface area contributed by atoms with Gasteiger partial charge in [0.1, 0.15) is 5.52 Å². The lowest BCUT2D eigenvalue weighted by Gasteiger charge is -2.29. The maximum Gasteiger partial charge on any atom is 0.231 e. The zero-order valence-electron chi connectivity index (χ0n) is 12.5. The largest absolute Gasteiger partial charge is 0.382 e. The van der Waals surface area contributed by atoms with Crippen LogP contribution in [0.15, 0.2) is 30.6 Å². The van der Waals surface area contributed by atoms with Gasteiger partial charge in [-0.15, -0.1) is 0 Å². The molecular weight excluding hydrogens is 294 g/mol. The van der Waals surface area contributed by atoms with Gasteiger partial charge in [-0.1, -0.05) is 6.07 Å². The normalized spacial score (nSPS) is 15.0. The molecule has 8 heteroatoms. The van der Waals surface area contributed by atoms with Gasteiger partial charge in [-0.2, -0.15) is 9.97 Å². The zero-order chi connectivity index (χ0) is 15.6. The standard InChI is InChI=1S/C15H17N7O/c16-13-12-14(18-9-17-12)21-15(20-13)19-10-2-1-3-11(8-10)22-4-6-23-7-5-22/h1-3,8-9H,4-7H2,(H4,16,17,18,19,20,21). The van der Waals surface area contributed by atoms with Gasteiger partial charge in [0.15, 0.2) is 11.5 Å². The molecule has 0 saturated carbocycles. The molecule has 3 aromatic rings. The van der Waals surface area contributed by atoms with Crippen molar-refractivity contribution < 1.29 is 4.74 Å². The fourth-order valence-electron chi connectivity index (χ4n) is 2.65. The average Bonchev–Trinajstić information content (AvgIpc) is 3.05. The first kappa shape index (κ1) is 13.8. The Morgan fingerprint density at radius 1 is 1.22 bits per heavy atom. The lowest BCUT2D eigenvalue weighted by atomic mass is 10.2. The number of hydrogen-bond donors (Lipinski definition) is 3. The van der Waals surface area contributed by atoms with Crippen LogP contribution in [0.25, 0.3) is 11.2 Å². The summed E-state index contributed by atoms with van der Waals surface area (Å²) < 4.78 is 5.39. The molecule has 3 heterocycles. The minimum atomic E-state index is 0.350. The van der Waals surface area contributed by atoms with Crippen molar-refractivity contribution in [2.75, 3.05) is 42.3 Å². The van der Waals surface area contributed by atoms with Gasteiger partial charge in [0, 0.05) is 24.5 Å². The molecule has 0 amide bonds. The molecule has 118 valence electrons. The number of rotatable bonds is 3. The molecule has 8 nitrogen and oxygen atoms in total. The molecule has 0 unspecified atom stereocenters. The molecule has 0 spiro atoms. The zero-order valence-corrected chi connectivity index (χ0v) is 12.5. The van der Waals surface area contributed by atoms with Crippen LogP contribution in [-0.4, -0.2) is 46.2 Å². The van der Waals surface area contributed by atoms with E-state index in [-0.39, 0.29) is 0 Å². The maximum atomic E-state index is 5.91. The molecule has 23 heavy (non-hydrogen) atoms. The van der Waals surface area contributed by atoms with Crippen LogP contribution in [0.1, 0.15) is 0 Å². The lowest BCUT2D eigenvalue weighted by molar-refractivity contribution is 0.122. The van der Waals surface area contributed by atoms with E-state index in [2.05, 4.69) is 42.3 Å². The topological polar surface area (TPSA) is 105 Å². The first-order valence-electron chi connectivity index (χ1n) is 7.46. The van der Waals surface area contributed by atoms with Crippen LogP contribution in [-0.2, 0) is 4.74 Å². The van der Waals surface area contributed by atoms with Crippen molar-refractivity contribution in [1.82, 2.24) is 19.9 Å². The van der Waals surface area contributed by atoms with Crippen LogP contribution in [0, 0.1) is 0 Å². The van der Waals surface area contributed by atoms with Gasteiger partial charge in [0.25, 0.3) is 0 Å². The number of fused-ring (bicyclic) bond motifs is 1. The van der Waals surface area contributed by atoms with E-state index in [1.165, 1.54) is 0 Å². The highest BCUT2D eigenvalue weighted by Crippen LogP contribution is 2.23. The van der Waals surface area contributed by atoms with Gasteiger partial charge in [-0.25, -0.2) is 4.98 Å². The summed E-state index contributed by atoms with van der Waals surface area (Å²) in [5, 5.41) is 3.20. The van der Waals surface area contributed by atoms with E-state index < -0.39 is 0 Å². The van der Waals surface area contributed by atoms with Crippen LogP contribution < -0.4 is 16.0 Å². The number of aromatic amines is 1. The highest BCUT2D eigenvalue weighted by atomic mass is 16.5. The number of ether oxygens (including phenoxy) is 1. The van der Waals surface area contributed by atoms with Crippen LogP contribution in [0.5, 0.6) is 0 Å². The number of benzene rings is 1. The van der Waals surface area contributed by atoms with Crippen molar-refractivity contribution in [1.29, 1.82) is 0 Å². The van der Waals surface area contributed by atoms with Crippen LogP contribution in [0.3, 0.4) is 0 Å². The molecule has 1 aliphatic heterocycles. The van der Waals surface area contributed by atoms with Crippen molar-refractivity contribution in [3.05, 3.63) is 30.6 Å². The number of aromatic nitrogens is 4. The Kier molecular flexibility index (Phi) is 3.43. The number of imidazole rings is 1. The first-order chi connectivity index (χ1) is 11.3. The van der Waals surface area contributed by atoms with Gasteiger partial charge in [0.05, 0.1) is 19.5 Å². The second-order valence-corrected chi connectivity index (χ2v) is 5.31. The van der Waals surface area contributed by atoms with Crippen molar-refractivity contribution in [2.45, 2.75) is 0 Å². The van der Waals surface area contributed by atoms with Crippen LogP contribution >= 0.6 is 0 Å². The lowest BCUT2D eigenvalue weighted by Crippen LogP contribution is -2.36. The van der Waals surface area contributed by atoms with Gasteiger partial charge in [0.2, 0.25) is 5.95 Å². The molecule has 0 bridgehead atoms. The van der Waals surface area contributed by atoms with Gasteiger partial charge in [-0.05, 0) is 18.2 Å². The third-order valence-electron chi connectivity index (χ3n) is 3.78. The Morgan fingerprint density at radius 3 is 2.96 bits per heavy atom. The third-order valence-corrected chi connectivity index (χ3v) is 3.78. The Morgan fingerprint density at radius 2 is 2.09 bits per heavy atom. The minimum absolute atomic E-state index is 0.350. The third kappa shape index (κ3) is 2.76. The molecule has 0 aliphatic carbocycles. The van der Waals surface area contributed by atoms with Crippen molar-refractivity contribution in [2.24, 2.45) is 0 Å². The second kappa shape index (κ2) is 5.73. The summed E-state index contributed by atoms with van der Waals surface area (Å²) in [5.41, 5.74) is 9.16. The fourth-order valence-corrected chi connectivity index (χ4v) is 2.65. The number of nitrogens with zero attached hydrogens (tertiary/aromatic N) is 4. The maximum absolute atomic E-state index is 5.91. The van der Waals surface area contributed by atoms with Crippen molar-refractivity contribution >= 4 is 34.3 Å². The quantitative estimate of drug-likeness (QED) is 0.673. The van der Waals surface area contributed by atoms with Gasteiger partial charge in [-0.3, -0.25) is 0 Å². The molecule has 0 atom stereocenters. The fraction of sp³-hybridized carbons (Fsp3) is 0.267. The minimum Gasteiger partial charge on any atom is -0.382 e. The molecule has 2 aromatic heterocycles. The van der Waals surface area contributed by atoms with E-state index in [0.717, 1.165) is 37.7 Å². The molecular formula is C15H17N7O. The highest BCUT2D eigenvalue weighted by Gasteiger charge is 2.12. The number of nitrogens with one attached hydrogen (secondary N) is 2. The number of anilines is 4. The first-order valence-corrected chi connectivity index (χ1v) is 7.46. The average molecular weight is 311 g/mol. The van der Waals surface area contributed by atoms with Crippen molar-refractivity contribution in [3.8, 4) is 0 Å². The van der Waals surface area contributed by atoms with Crippen LogP contribution in [0.2, 0.25) is 0 Å². The summed E-state index contributed by atoms with van der Waals surface area (Å²) in [5.74, 6) is 0.793. The molecule has 4 N–H and O–H groups in total. The molecule has 1 fully saturated rings. The monoisotopic (exact) mass is 311 g/mol. The highest BCUT2D eigenvalue weighted by molar-refractivity contribution is 5.82. The number of morpholine rings is 1. The molecule has 4 rings (SSSR count). The number of nitrogen functional groups attached to an aromatic ring is 1. The molecule has 1 aromatic carbocycles. The summed E-state index contributed by atoms with van der Waals surface area (Å²) in [4.78, 5) is 18.0. The van der Waals surface area contributed by atoms with E-state index >= 15 is 0 Å². The van der Waals surface area contributed by atoms with Crippen LogP contribution in [0.4, 0.5) is 23.1 Å². The van der Waals surface area contributed by atoms with E-state index in [1.807, 2.05) is 12.1 Å². The summed E-state index contributed by atoms with van der Waals surface area (Å²) in [6.07, 6.45) is 1.55. The molecule has 1 saturated heterocycles. The van der Waals surface area contributed by atoms with E-state index in [4.69, 9.17) is 10.5 Å². The van der Waals surface area contributed by atoms with Gasteiger partial charge < -0.3 is 25.7 Å². The smallest absolute Gasteiger partial charge is 0.231 e. The SMILES string of the molecule is Nc1nc(Nc2cccc(N3CCOCC3)c2)nc2[nH]cnc12. The predicted molar refractivity (Wildman–Crippen MR) is 88.9 cm³/mol. The summed E-state index contributed by atoms with van der Waals surface area (Å²) >= 11 is 0. The van der Waals surface area contributed by atoms with E-state index in [9.17, 15) is 0 Å². The van der Waals surface area contributed by atoms with Crippen molar-refractivity contribution in [3.63, 3.8) is 0 Å². The Balaban J connectivity index is 1.60. The summed E-state index contributed by atoms with van der Waals surface area (Å²) in [7, 11) is 0. The summed E-state index contributed by atoms with van der Waals surface area (Å²) in [6, 6.07) is 8.14. The number of nitrogens with two attached hydrogens (primary N) is 1. The Bertz CT molecular complexity index is 826. The van der Waals surface area contributed by atoms with E-state index in [1.54, 1.807) is 6.33 Å². The summed E-state index contributed by atoms with van der Waals surface area (Å²) in [6.45, 7) is 3.31.